The summed E-state index contributed by atoms with van der Waals surface area (Å²) in [6, 6.07) is 3.11. The number of halogens is 3. The van der Waals surface area contributed by atoms with Crippen LogP contribution < -0.4 is 10.1 Å². The van der Waals surface area contributed by atoms with Gasteiger partial charge in [0, 0.05) is 25.1 Å². The van der Waals surface area contributed by atoms with Gasteiger partial charge in [0.1, 0.15) is 11.6 Å². The number of rotatable bonds is 6. The number of urea groups is 1. The van der Waals surface area contributed by atoms with E-state index >= 15 is 0 Å². The van der Waals surface area contributed by atoms with Crippen molar-refractivity contribution in [2.45, 2.75) is 38.5 Å². The lowest BCUT2D eigenvalue weighted by Crippen LogP contribution is -2.41. The molecule has 2 rings (SSSR count). The molecule has 2 unspecified atom stereocenters. The van der Waals surface area contributed by atoms with Crippen LogP contribution in [-0.4, -0.2) is 42.3 Å². The first-order chi connectivity index (χ1) is 11.4. The highest BCUT2D eigenvalue weighted by Gasteiger charge is 2.27. The summed E-state index contributed by atoms with van der Waals surface area (Å²) in [7, 11) is 1.57. The predicted octanol–water partition coefficient (Wildman–Crippen LogP) is 2.73. The molecule has 0 bridgehead atoms. The summed E-state index contributed by atoms with van der Waals surface area (Å²) < 4.78 is 42.8. The maximum atomic E-state index is 13.8. The molecule has 0 spiro atoms. The zero-order chi connectivity index (χ0) is 17.7. The van der Waals surface area contributed by atoms with E-state index in [1.165, 1.54) is 17.0 Å². The van der Waals surface area contributed by atoms with Crippen LogP contribution in [0.3, 0.4) is 0 Å². The highest BCUT2D eigenvalue weighted by molar-refractivity contribution is 5.74. The van der Waals surface area contributed by atoms with Gasteiger partial charge in [-0.2, -0.15) is 8.78 Å². The van der Waals surface area contributed by atoms with Crippen LogP contribution in [0.25, 0.3) is 0 Å². The maximum Gasteiger partial charge on any atom is 0.387 e. The number of ether oxygens (including phenoxy) is 1. The van der Waals surface area contributed by atoms with Gasteiger partial charge in [-0.25, -0.2) is 9.18 Å². The average molecular weight is 346 g/mol. The molecule has 0 radical (unpaired) electrons. The second-order valence-electron chi connectivity index (χ2n) is 5.89. The molecule has 1 fully saturated rings. The van der Waals surface area contributed by atoms with E-state index in [-0.39, 0.29) is 23.8 Å². The number of nitrogens with zero attached hydrogens (tertiary/aromatic N) is 1. The van der Waals surface area contributed by atoms with Crippen molar-refractivity contribution in [2.24, 2.45) is 5.92 Å². The predicted molar refractivity (Wildman–Crippen MR) is 81.2 cm³/mol. The van der Waals surface area contributed by atoms with Crippen molar-refractivity contribution in [1.82, 2.24) is 10.2 Å². The minimum absolute atomic E-state index is 0.0203. The molecule has 2 amide bonds. The number of alkyl halides is 2. The first kappa shape index (κ1) is 18.4. The summed E-state index contributed by atoms with van der Waals surface area (Å²) in [6.07, 6.45) is 2.07. The van der Waals surface area contributed by atoms with Gasteiger partial charge in [-0.1, -0.05) is 12.5 Å². The van der Waals surface area contributed by atoms with Crippen LogP contribution >= 0.6 is 0 Å². The number of aliphatic hydroxyl groups excluding tert-OH is 1. The van der Waals surface area contributed by atoms with Crippen LogP contribution in [0.15, 0.2) is 18.2 Å². The number of amides is 2. The van der Waals surface area contributed by atoms with Crippen molar-refractivity contribution in [3.05, 3.63) is 29.6 Å². The van der Waals surface area contributed by atoms with Gasteiger partial charge in [0.15, 0.2) is 0 Å². The fourth-order valence-electron chi connectivity index (χ4n) is 2.88. The average Bonchev–Trinajstić information content (AvgIpc) is 2.91. The molecule has 1 aromatic rings. The van der Waals surface area contributed by atoms with Gasteiger partial charge in [-0.3, -0.25) is 0 Å². The molecule has 8 heteroatoms. The summed E-state index contributed by atoms with van der Waals surface area (Å²) in [6.45, 7) is -2.97. The summed E-state index contributed by atoms with van der Waals surface area (Å²) in [5, 5.41) is 12.3. The number of aliphatic hydroxyl groups is 1. The Morgan fingerprint density at radius 3 is 2.83 bits per heavy atom. The molecule has 1 aliphatic carbocycles. The van der Waals surface area contributed by atoms with Crippen molar-refractivity contribution in [2.75, 3.05) is 13.6 Å². The number of hydrogen-bond donors (Lipinski definition) is 2. The van der Waals surface area contributed by atoms with Gasteiger partial charge < -0.3 is 20.1 Å². The SMILES string of the molecule is CN(CC1CCCC1O)C(=O)NCc1c(F)cccc1OC(F)F. The van der Waals surface area contributed by atoms with Gasteiger partial charge in [0.05, 0.1) is 12.6 Å². The fraction of sp³-hybridized carbons (Fsp3) is 0.562. The first-order valence-corrected chi connectivity index (χ1v) is 7.77. The van der Waals surface area contributed by atoms with Gasteiger partial charge in [-0.15, -0.1) is 0 Å². The number of hydrogen-bond acceptors (Lipinski definition) is 3. The molecule has 134 valence electrons. The lowest BCUT2D eigenvalue weighted by Gasteiger charge is -2.23. The number of carbonyl (C=O) groups is 1. The number of carbonyl (C=O) groups excluding carboxylic acids is 1. The van der Waals surface area contributed by atoms with Crippen LogP contribution in [-0.2, 0) is 6.54 Å². The molecule has 1 aliphatic rings. The Hall–Kier alpha value is -1.96. The number of benzene rings is 1. The topological polar surface area (TPSA) is 61.8 Å². The van der Waals surface area contributed by atoms with E-state index in [2.05, 4.69) is 10.1 Å². The second kappa shape index (κ2) is 8.23. The molecule has 2 atom stereocenters. The smallest absolute Gasteiger partial charge is 0.387 e. The minimum Gasteiger partial charge on any atom is -0.434 e. The highest BCUT2D eigenvalue weighted by atomic mass is 19.3. The quantitative estimate of drug-likeness (QED) is 0.833. The van der Waals surface area contributed by atoms with E-state index in [1.54, 1.807) is 7.05 Å². The Kier molecular flexibility index (Phi) is 6.30. The largest absolute Gasteiger partial charge is 0.434 e. The Bertz CT molecular complexity index is 571. The van der Waals surface area contributed by atoms with Crippen LogP contribution in [0.2, 0.25) is 0 Å². The molecular formula is C16H21F3N2O3. The van der Waals surface area contributed by atoms with Crippen LogP contribution in [0.5, 0.6) is 5.75 Å². The van der Waals surface area contributed by atoms with E-state index in [1.807, 2.05) is 0 Å². The Morgan fingerprint density at radius 1 is 1.46 bits per heavy atom. The standard InChI is InChI=1S/C16H21F3N2O3/c1-21(9-10-4-2-6-13(10)22)16(23)20-8-11-12(17)5-3-7-14(11)24-15(18)19/h3,5,7,10,13,15,22H,2,4,6,8-9H2,1H3,(H,20,23). The van der Waals surface area contributed by atoms with Crippen molar-refractivity contribution in [3.8, 4) is 5.75 Å². The Morgan fingerprint density at radius 2 is 2.21 bits per heavy atom. The minimum atomic E-state index is -3.08. The normalized spacial score (nSPS) is 20.2. The lowest BCUT2D eigenvalue weighted by atomic mass is 10.1. The van der Waals surface area contributed by atoms with Gasteiger partial charge in [-0.05, 0) is 25.0 Å². The summed E-state index contributed by atoms with van der Waals surface area (Å²) in [5.41, 5.74) is -0.138. The molecule has 5 nitrogen and oxygen atoms in total. The summed E-state index contributed by atoms with van der Waals surface area (Å²) in [5.74, 6) is -1.02. The molecule has 1 aromatic carbocycles. The van der Waals surface area contributed by atoms with Crippen molar-refractivity contribution in [1.29, 1.82) is 0 Å². The van der Waals surface area contributed by atoms with E-state index < -0.39 is 24.6 Å². The maximum absolute atomic E-state index is 13.8. The molecule has 24 heavy (non-hydrogen) atoms. The Labute approximate surface area is 138 Å². The molecule has 1 saturated carbocycles. The monoisotopic (exact) mass is 346 g/mol. The van der Waals surface area contributed by atoms with Gasteiger partial charge in [0.2, 0.25) is 0 Å². The fourth-order valence-corrected chi connectivity index (χ4v) is 2.88. The third-order valence-electron chi connectivity index (χ3n) is 4.18. The van der Waals surface area contributed by atoms with Gasteiger partial charge in [0.25, 0.3) is 0 Å². The van der Waals surface area contributed by atoms with Gasteiger partial charge >= 0.3 is 12.6 Å². The zero-order valence-electron chi connectivity index (χ0n) is 13.3. The molecule has 2 N–H and O–H groups in total. The van der Waals surface area contributed by atoms with Crippen LogP contribution in [0.1, 0.15) is 24.8 Å². The molecule has 0 heterocycles. The van der Waals surface area contributed by atoms with Crippen LogP contribution in [0.4, 0.5) is 18.0 Å². The third-order valence-corrected chi connectivity index (χ3v) is 4.18. The second-order valence-corrected chi connectivity index (χ2v) is 5.89. The highest BCUT2D eigenvalue weighted by Crippen LogP contribution is 2.26. The molecule has 0 aliphatic heterocycles. The number of nitrogens with one attached hydrogen (secondary N) is 1. The third kappa shape index (κ3) is 4.77. The molecule has 0 saturated heterocycles. The Balaban J connectivity index is 1.93. The molecular weight excluding hydrogens is 325 g/mol. The van der Waals surface area contributed by atoms with E-state index in [4.69, 9.17) is 0 Å². The van der Waals surface area contributed by atoms with Crippen molar-refractivity contribution in [3.63, 3.8) is 0 Å². The first-order valence-electron chi connectivity index (χ1n) is 7.77. The summed E-state index contributed by atoms with van der Waals surface area (Å²) in [4.78, 5) is 13.5. The summed E-state index contributed by atoms with van der Waals surface area (Å²) >= 11 is 0. The van der Waals surface area contributed by atoms with Crippen LogP contribution in [0, 0.1) is 11.7 Å². The zero-order valence-corrected chi connectivity index (χ0v) is 13.3. The van der Waals surface area contributed by atoms with Crippen molar-refractivity contribution < 1.29 is 27.8 Å². The van der Waals surface area contributed by atoms with E-state index in [0.717, 1.165) is 25.3 Å². The lowest BCUT2D eigenvalue weighted by molar-refractivity contribution is -0.0506. The van der Waals surface area contributed by atoms with E-state index in [9.17, 15) is 23.1 Å². The van der Waals surface area contributed by atoms with E-state index in [0.29, 0.717) is 6.54 Å². The molecule has 0 aromatic heterocycles. The van der Waals surface area contributed by atoms with Crippen molar-refractivity contribution >= 4 is 6.03 Å².